The standard InChI is InChI=1S/C19H26N4O3.ClH/c1-3-22(4-2)18(24)13-23-9-7-14-11-15(5-6-16(14)23)21-19(25)17-12-20-8-10-26-17;/h5-7,9,11,17,20H,3-4,8,10,12-13H2,1-2H3,(H,21,25);1H. The van der Waals surface area contributed by atoms with E-state index in [0.717, 1.165) is 23.1 Å². The van der Waals surface area contributed by atoms with Gasteiger partial charge in [0, 0.05) is 49.0 Å². The third kappa shape index (κ3) is 5.00. The van der Waals surface area contributed by atoms with Gasteiger partial charge in [-0.25, -0.2) is 0 Å². The highest BCUT2D eigenvalue weighted by Crippen LogP contribution is 2.21. The van der Waals surface area contributed by atoms with Crippen LogP contribution < -0.4 is 10.6 Å². The van der Waals surface area contributed by atoms with Gasteiger partial charge in [-0.15, -0.1) is 12.4 Å². The Morgan fingerprint density at radius 2 is 2.07 bits per heavy atom. The molecule has 2 heterocycles. The Kier molecular flexibility index (Phi) is 7.65. The Balaban J connectivity index is 0.00000261. The van der Waals surface area contributed by atoms with Gasteiger partial charge in [0.05, 0.1) is 6.61 Å². The third-order valence-corrected chi connectivity index (χ3v) is 4.68. The summed E-state index contributed by atoms with van der Waals surface area (Å²) in [7, 11) is 0. The van der Waals surface area contributed by atoms with E-state index < -0.39 is 6.10 Å². The highest BCUT2D eigenvalue weighted by atomic mass is 35.5. The van der Waals surface area contributed by atoms with Gasteiger partial charge in [0.2, 0.25) is 5.91 Å². The van der Waals surface area contributed by atoms with Crippen LogP contribution in [-0.4, -0.2) is 60.2 Å². The Bertz CT molecular complexity index is 782. The molecular weight excluding hydrogens is 368 g/mol. The number of ether oxygens (including phenoxy) is 1. The van der Waals surface area contributed by atoms with E-state index >= 15 is 0 Å². The molecule has 1 aromatic heterocycles. The van der Waals surface area contributed by atoms with Crippen molar-refractivity contribution < 1.29 is 14.3 Å². The van der Waals surface area contributed by atoms with Gasteiger partial charge in [-0.2, -0.15) is 0 Å². The summed E-state index contributed by atoms with van der Waals surface area (Å²) < 4.78 is 7.41. The number of fused-ring (bicyclic) bond motifs is 1. The molecular formula is C19H27ClN4O3. The lowest BCUT2D eigenvalue weighted by atomic mass is 10.2. The minimum absolute atomic E-state index is 0. The van der Waals surface area contributed by atoms with Crippen molar-refractivity contribution >= 4 is 40.8 Å². The average Bonchev–Trinajstić information content (AvgIpc) is 3.05. The lowest BCUT2D eigenvalue weighted by Crippen LogP contribution is -2.45. The number of carbonyl (C=O) groups is 2. The maximum Gasteiger partial charge on any atom is 0.254 e. The van der Waals surface area contributed by atoms with Crippen LogP contribution in [0.4, 0.5) is 5.69 Å². The van der Waals surface area contributed by atoms with Crippen molar-refractivity contribution in [2.75, 3.05) is 38.1 Å². The van der Waals surface area contributed by atoms with Crippen molar-refractivity contribution in [2.45, 2.75) is 26.5 Å². The molecule has 0 spiro atoms. The minimum Gasteiger partial charge on any atom is -0.366 e. The number of hydrogen-bond donors (Lipinski definition) is 2. The Morgan fingerprint density at radius 1 is 1.30 bits per heavy atom. The Morgan fingerprint density at radius 3 is 2.74 bits per heavy atom. The zero-order valence-electron chi connectivity index (χ0n) is 15.7. The van der Waals surface area contributed by atoms with Gasteiger partial charge in [-0.05, 0) is 38.1 Å². The van der Waals surface area contributed by atoms with Gasteiger partial charge in [0.15, 0.2) is 0 Å². The first-order chi connectivity index (χ1) is 12.6. The summed E-state index contributed by atoms with van der Waals surface area (Å²) in [4.78, 5) is 26.4. The Hall–Kier alpha value is -2.09. The maximum atomic E-state index is 12.3. The van der Waals surface area contributed by atoms with Gasteiger partial charge in [0.25, 0.3) is 5.91 Å². The largest absolute Gasteiger partial charge is 0.366 e. The quantitative estimate of drug-likeness (QED) is 0.784. The summed E-state index contributed by atoms with van der Waals surface area (Å²) in [5.74, 6) is -0.0421. The summed E-state index contributed by atoms with van der Waals surface area (Å²) in [6.07, 6.45) is 1.45. The van der Waals surface area contributed by atoms with Crippen LogP contribution in [0.15, 0.2) is 30.5 Å². The smallest absolute Gasteiger partial charge is 0.254 e. The van der Waals surface area contributed by atoms with Crippen LogP contribution >= 0.6 is 12.4 Å². The van der Waals surface area contributed by atoms with Crippen LogP contribution in [0.2, 0.25) is 0 Å². The molecule has 0 aliphatic carbocycles. The molecule has 0 radical (unpaired) electrons. The zero-order valence-corrected chi connectivity index (χ0v) is 16.6. The molecule has 148 valence electrons. The molecule has 0 saturated carbocycles. The van der Waals surface area contributed by atoms with Crippen molar-refractivity contribution in [1.82, 2.24) is 14.8 Å². The fraction of sp³-hybridized carbons (Fsp3) is 0.474. The molecule has 1 saturated heterocycles. The van der Waals surface area contributed by atoms with Crippen LogP contribution in [-0.2, 0) is 20.9 Å². The predicted molar refractivity (Wildman–Crippen MR) is 108 cm³/mol. The second-order valence-electron chi connectivity index (χ2n) is 6.34. The first-order valence-corrected chi connectivity index (χ1v) is 9.12. The average molecular weight is 395 g/mol. The molecule has 3 rings (SSSR count). The van der Waals surface area contributed by atoms with E-state index in [1.165, 1.54) is 0 Å². The minimum atomic E-state index is -0.462. The lowest BCUT2D eigenvalue weighted by molar-refractivity contribution is -0.131. The van der Waals surface area contributed by atoms with Crippen molar-refractivity contribution in [3.8, 4) is 0 Å². The number of halogens is 1. The zero-order chi connectivity index (χ0) is 18.5. The number of anilines is 1. The molecule has 1 aliphatic rings. The van der Waals surface area contributed by atoms with E-state index in [-0.39, 0.29) is 24.2 Å². The summed E-state index contributed by atoms with van der Waals surface area (Å²) in [6, 6.07) is 7.66. The monoisotopic (exact) mass is 394 g/mol. The van der Waals surface area contributed by atoms with Crippen LogP contribution in [0.5, 0.6) is 0 Å². The highest BCUT2D eigenvalue weighted by molar-refractivity contribution is 5.96. The van der Waals surface area contributed by atoms with E-state index in [1.54, 1.807) is 0 Å². The van der Waals surface area contributed by atoms with Gasteiger partial charge >= 0.3 is 0 Å². The Labute approximate surface area is 165 Å². The van der Waals surface area contributed by atoms with E-state index in [1.807, 2.05) is 53.8 Å². The SMILES string of the molecule is CCN(CC)C(=O)Cn1ccc2cc(NC(=O)C3CNCCO3)ccc21.Cl. The number of carbonyl (C=O) groups excluding carboxylic acids is 2. The second-order valence-corrected chi connectivity index (χ2v) is 6.34. The number of morpholine rings is 1. The third-order valence-electron chi connectivity index (χ3n) is 4.68. The highest BCUT2D eigenvalue weighted by Gasteiger charge is 2.21. The number of aromatic nitrogens is 1. The second kappa shape index (κ2) is 9.73. The number of hydrogen-bond acceptors (Lipinski definition) is 4. The van der Waals surface area contributed by atoms with Crippen molar-refractivity contribution in [2.24, 2.45) is 0 Å². The van der Waals surface area contributed by atoms with Crippen molar-refractivity contribution in [3.63, 3.8) is 0 Å². The molecule has 2 N–H and O–H groups in total. The van der Waals surface area contributed by atoms with Crippen LogP contribution in [0, 0.1) is 0 Å². The molecule has 2 aromatic rings. The molecule has 8 heteroatoms. The number of rotatable bonds is 6. The normalized spacial score (nSPS) is 16.6. The predicted octanol–water partition coefficient (Wildman–Crippen LogP) is 1.86. The first kappa shape index (κ1) is 21.2. The summed E-state index contributed by atoms with van der Waals surface area (Å²) >= 11 is 0. The summed E-state index contributed by atoms with van der Waals surface area (Å²) in [6.45, 7) is 7.55. The lowest BCUT2D eigenvalue weighted by Gasteiger charge is -2.22. The van der Waals surface area contributed by atoms with E-state index in [2.05, 4.69) is 10.6 Å². The molecule has 0 bridgehead atoms. The molecule has 2 amide bonds. The van der Waals surface area contributed by atoms with Gasteiger partial charge in [-0.1, -0.05) is 0 Å². The molecule has 1 fully saturated rings. The molecule has 1 atom stereocenters. The van der Waals surface area contributed by atoms with Crippen molar-refractivity contribution in [3.05, 3.63) is 30.5 Å². The number of amides is 2. The molecule has 7 nitrogen and oxygen atoms in total. The van der Waals surface area contributed by atoms with E-state index in [9.17, 15) is 9.59 Å². The van der Waals surface area contributed by atoms with Gasteiger partial charge in [-0.3, -0.25) is 9.59 Å². The van der Waals surface area contributed by atoms with Gasteiger partial charge in [0.1, 0.15) is 12.6 Å². The molecule has 1 unspecified atom stereocenters. The number of benzene rings is 1. The van der Waals surface area contributed by atoms with Crippen LogP contribution in [0.3, 0.4) is 0 Å². The van der Waals surface area contributed by atoms with Crippen LogP contribution in [0.1, 0.15) is 13.8 Å². The van der Waals surface area contributed by atoms with E-state index in [4.69, 9.17) is 4.74 Å². The number of likely N-dealkylation sites (N-methyl/N-ethyl adjacent to an activating group) is 1. The van der Waals surface area contributed by atoms with E-state index in [0.29, 0.717) is 32.8 Å². The van der Waals surface area contributed by atoms with Crippen LogP contribution in [0.25, 0.3) is 10.9 Å². The number of nitrogens with zero attached hydrogens (tertiary/aromatic N) is 2. The molecule has 1 aromatic carbocycles. The fourth-order valence-corrected chi connectivity index (χ4v) is 3.19. The molecule has 1 aliphatic heterocycles. The first-order valence-electron chi connectivity index (χ1n) is 9.12. The van der Waals surface area contributed by atoms with Crippen molar-refractivity contribution in [1.29, 1.82) is 0 Å². The topological polar surface area (TPSA) is 75.6 Å². The summed E-state index contributed by atoms with van der Waals surface area (Å²) in [5.41, 5.74) is 1.70. The molecule has 27 heavy (non-hydrogen) atoms. The number of nitrogens with one attached hydrogen (secondary N) is 2. The summed E-state index contributed by atoms with van der Waals surface area (Å²) in [5, 5.41) is 7.03. The maximum absolute atomic E-state index is 12.3. The fourth-order valence-electron chi connectivity index (χ4n) is 3.19. The van der Waals surface area contributed by atoms with Gasteiger partial charge < -0.3 is 24.8 Å².